The lowest BCUT2D eigenvalue weighted by Gasteiger charge is -2.39. The summed E-state index contributed by atoms with van der Waals surface area (Å²) in [6, 6.07) is 5.05. The minimum absolute atomic E-state index is 0.0672. The summed E-state index contributed by atoms with van der Waals surface area (Å²) in [6.07, 6.45) is 1.52. The van der Waals surface area contributed by atoms with Crippen LogP contribution in [0.2, 0.25) is 0 Å². The molecule has 2 rings (SSSR count). The van der Waals surface area contributed by atoms with E-state index in [0.29, 0.717) is 38.9 Å². The number of aryl methyl sites for hydroxylation is 1. The van der Waals surface area contributed by atoms with E-state index in [9.17, 15) is 19.8 Å². The van der Waals surface area contributed by atoms with Crippen molar-refractivity contribution >= 4 is 11.9 Å². The number of likely N-dealkylation sites (N-methyl/N-ethyl adjacent to an activating group) is 1. The lowest BCUT2D eigenvalue weighted by atomic mass is 9.82. The van der Waals surface area contributed by atoms with E-state index in [1.807, 2.05) is 25.9 Å². The van der Waals surface area contributed by atoms with Crippen molar-refractivity contribution in [1.29, 1.82) is 0 Å². The van der Waals surface area contributed by atoms with Gasteiger partial charge in [0.05, 0.1) is 17.7 Å². The molecule has 1 heterocycles. The minimum atomic E-state index is -1.00. The molecule has 24 heavy (non-hydrogen) atoms. The van der Waals surface area contributed by atoms with Crippen LogP contribution in [0, 0.1) is 0 Å². The third-order valence-corrected chi connectivity index (χ3v) is 4.65. The van der Waals surface area contributed by atoms with Crippen LogP contribution in [0.15, 0.2) is 18.2 Å². The molecule has 1 fully saturated rings. The zero-order valence-corrected chi connectivity index (χ0v) is 14.6. The van der Waals surface area contributed by atoms with Crippen LogP contribution in [0.25, 0.3) is 0 Å². The normalized spacial score (nSPS) is 17.1. The Morgan fingerprint density at radius 2 is 1.88 bits per heavy atom. The minimum Gasteiger partial charge on any atom is -0.478 e. The van der Waals surface area contributed by atoms with Gasteiger partial charge in [0.25, 0.3) is 0 Å². The number of likely N-dealkylation sites (tertiary alicyclic amines) is 1. The molecule has 1 saturated heterocycles. The summed E-state index contributed by atoms with van der Waals surface area (Å²) in [7, 11) is 3.71. The van der Waals surface area contributed by atoms with Crippen molar-refractivity contribution in [3.8, 4) is 0 Å². The second-order valence-corrected chi connectivity index (χ2v) is 6.68. The number of rotatable bonds is 5. The van der Waals surface area contributed by atoms with Crippen molar-refractivity contribution in [1.82, 2.24) is 9.80 Å². The van der Waals surface area contributed by atoms with E-state index in [1.165, 1.54) is 0 Å². The lowest BCUT2D eigenvalue weighted by molar-refractivity contribution is -0.136. The molecule has 0 atom stereocenters. The summed E-state index contributed by atoms with van der Waals surface area (Å²) in [5, 5.41) is 20.2. The van der Waals surface area contributed by atoms with E-state index in [0.717, 1.165) is 11.1 Å². The van der Waals surface area contributed by atoms with Gasteiger partial charge in [-0.25, -0.2) is 4.79 Å². The molecule has 132 valence electrons. The molecule has 1 aliphatic heterocycles. The highest BCUT2D eigenvalue weighted by atomic mass is 16.4. The van der Waals surface area contributed by atoms with E-state index in [2.05, 4.69) is 0 Å². The molecule has 6 nitrogen and oxygen atoms in total. The van der Waals surface area contributed by atoms with Gasteiger partial charge in [0.15, 0.2) is 0 Å². The number of hydrogen-bond acceptors (Lipinski definition) is 4. The predicted octanol–water partition coefficient (Wildman–Crippen LogP) is 1.32. The van der Waals surface area contributed by atoms with E-state index < -0.39 is 11.6 Å². The summed E-state index contributed by atoms with van der Waals surface area (Å²) in [5.74, 6) is -0.882. The predicted molar refractivity (Wildman–Crippen MR) is 91.0 cm³/mol. The van der Waals surface area contributed by atoms with Crippen LogP contribution in [0.4, 0.5) is 0 Å². The maximum absolute atomic E-state index is 12.1. The van der Waals surface area contributed by atoms with Crippen molar-refractivity contribution in [2.24, 2.45) is 0 Å². The molecular formula is C18H26N2O4. The summed E-state index contributed by atoms with van der Waals surface area (Å²) >= 11 is 0. The number of amides is 1. The molecule has 1 aromatic rings. The van der Waals surface area contributed by atoms with Gasteiger partial charge in [-0.15, -0.1) is 0 Å². The number of nitrogens with zero attached hydrogens (tertiary/aromatic N) is 2. The highest BCUT2D eigenvalue weighted by molar-refractivity contribution is 5.89. The average Bonchev–Trinajstić information content (AvgIpc) is 2.54. The van der Waals surface area contributed by atoms with Crippen molar-refractivity contribution in [2.45, 2.75) is 31.8 Å². The van der Waals surface area contributed by atoms with Crippen LogP contribution in [-0.2, 0) is 16.8 Å². The fourth-order valence-electron chi connectivity index (χ4n) is 3.17. The van der Waals surface area contributed by atoms with Gasteiger partial charge in [0.1, 0.15) is 0 Å². The largest absolute Gasteiger partial charge is 0.478 e. The van der Waals surface area contributed by atoms with Crippen LogP contribution < -0.4 is 0 Å². The van der Waals surface area contributed by atoms with Crippen LogP contribution >= 0.6 is 0 Å². The highest BCUT2D eigenvalue weighted by Gasteiger charge is 2.35. The third kappa shape index (κ3) is 3.94. The number of hydrogen-bond donors (Lipinski definition) is 2. The molecule has 1 amide bonds. The standard InChI is InChI=1S/C18H26N2O4/c1-4-13-11-14(5-6-15(13)17(22)23)18(24)7-9-20(10-8-18)16(21)12-19(2)3/h5-6,11,24H,4,7-10,12H2,1-3H3,(H,22,23). The van der Waals surface area contributed by atoms with Gasteiger partial charge in [0.2, 0.25) is 5.91 Å². The molecule has 2 N–H and O–H groups in total. The first kappa shape index (κ1) is 18.4. The van der Waals surface area contributed by atoms with Gasteiger partial charge < -0.3 is 20.0 Å². The van der Waals surface area contributed by atoms with E-state index in [4.69, 9.17) is 0 Å². The maximum atomic E-state index is 12.1. The number of carboxylic acids is 1. The van der Waals surface area contributed by atoms with Crippen molar-refractivity contribution in [2.75, 3.05) is 33.7 Å². The summed E-state index contributed by atoms with van der Waals surface area (Å²) < 4.78 is 0. The molecule has 6 heteroatoms. The molecular weight excluding hydrogens is 308 g/mol. The summed E-state index contributed by atoms with van der Waals surface area (Å²) in [4.78, 5) is 27.0. The molecule has 0 aromatic heterocycles. The third-order valence-electron chi connectivity index (χ3n) is 4.65. The van der Waals surface area contributed by atoms with Gasteiger partial charge >= 0.3 is 5.97 Å². The number of piperidine rings is 1. The Labute approximate surface area is 142 Å². The number of carbonyl (C=O) groups excluding carboxylic acids is 1. The highest BCUT2D eigenvalue weighted by Crippen LogP contribution is 2.34. The first-order valence-corrected chi connectivity index (χ1v) is 8.28. The quantitative estimate of drug-likeness (QED) is 0.849. The zero-order valence-electron chi connectivity index (χ0n) is 14.6. The van der Waals surface area contributed by atoms with Gasteiger partial charge in [0, 0.05) is 13.1 Å². The molecule has 1 aromatic carbocycles. The van der Waals surface area contributed by atoms with Crippen molar-refractivity contribution in [3.05, 3.63) is 34.9 Å². The Hall–Kier alpha value is -1.92. The van der Waals surface area contributed by atoms with Crippen LogP contribution in [0.5, 0.6) is 0 Å². The second kappa shape index (κ2) is 7.32. The molecule has 1 aliphatic rings. The fourth-order valence-corrected chi connectivity index (χ4v) is 3.17. The van der Waals surface area contributed by atoms with E-state index in [1.54, 1.807) is 23.1 Å². The molecule has 0 spiro atoms. The van der Waals surface area contributed by atoms with Crippen LogP contribution in [0.3, 0.4) is 0 Å². The van der Waals surface area contributed by atoms with E-state index >= 15 is 0 Å². The van der Waals surface area contributed by atoms with Gasteiger partial charge in [-0.05, 0) is 50.6 Å². The molecule has 0 saturated carbocycles. The van der Waals surface area contributed by atoms with Crippen molar-refractivity contribution in [3.63, 3.8) is 0 Å². The molecule has 0 unspecified atom stereocenters. The number of benzene rings is 1. The first-order valence-electron chi connectivity index (χ1n) is 8.28. The van der Waals surface area contributed by atoms with Gasteiger partial charge in [-0.1, -0.05) is 19.1 Å². The second-order valence-electron chi connectivity index (χ2n) is 6.68. The molecule has 0 radical (unpaired) electrons. The monoisotopic (exact) mass is 334 g/mol. The fraction of sp³-hybridized carbons (Fsp3) is 0.556. The maximum Gasteiger partial charge on any atom is 0.335 e. The average molecular weight is 334 g/mol. The topological polar surface area (TPSA) is 81.1 Å². The number of carboxylic acid groups (broad SMARTS) is 1. The Bertz CT molecular complexity index is 619. The van der Waals surface area contributed by atoms with Crippen LogP contribution in [-0.4, -0.2) is 65.6 Å². The SMILES string of the molecule is CCc1cc(C2(O)CCN(C(=O)CN(C)C)CC2)ccc1C(=O)O. The Kier molecular flexibility index (Phi) is 5.62. The van der Waals surface area contributed by atoms with Crippen LogP contribution in [0.1, 0.15) is 41.3 Å². The van der Waals surface area contributed by atoms with Gasteiger partial charge in [-0.2, -0.15) is 0 Å². The van der Waals surface area contributed by atoms with Gasteiger partial charge in [-0.3, -0.25) is 4.79 Å². The Morgan fingerprint density at radius 1 is 1.25 bits per heavy atom. The number of carbonyl (C=O) groups is 2. The molecule has 0 aliphatic carbocycles. The molecule has 0 bridgehead atoms. The first-order chi connectivity index (χ1) is 11.3. The summed E-state index contributed by atoms with van der Waals surface area (Å²) in [6.45, 7) is 3.28. The van der Waals surface area contributed by atoms with Crippen molar-refractivity contribution < 1.29 is 19.8 Å². The zero-order chi connectivity index (χ0) is 17.9. The number of aromatic carboxylic acids is 1. The van der Waals surface area contributed by atoms with E-state index in [-0.39, 0.29) is 11.5 Å². The summed E-state index contributed by atoms with van der Waals surface area (Å²) in [5.41, 5.74) is 0.739. The Morgan fingerprint density at radius 3 is 2.38 bits per heavy atom. The Balaban J connectivity index is 2.13. The number of aliphatic hydroxyl groups is 1. The smallest absolute Gasteiger partial charge is 0.335 e. The lowest BCUT2D eigenvalue weighted by Crippen LogP contribution is -2.47.